The number of rotatable bonds is 4. The Morgan fingerprint density at radius 1 is 1.30 bits per heavy atom. The lowest BCUT2D eigenvalue weighted by atomic mass is 9.85. The molecule has 2 rings (SSSR count). The molecular weight excluding hydrogens is 289 g/mol. The third-order valence-corrected chi connectivity index (χ3v) is 4.88. The van der Waals surface area contributed by atoms with Crippen LogP contribution in [0.25, 0.3) is 0 Å². The van der Waals surface area contributed by atoms with E-state index in [0.29, 0.717) is 12.0 Å². The molecule has 2 atom stereocenters. The Morgan fingerprint density at radius 3 is 2.65 bits per heavy atom. The largest absolute Gasteiger partial charge is 0.296 e. The van der Waals surface area contributed by atoms with Crippen LogP contribution in [0.4, 0.5) is 0 Å². The first-order valence-corrected chi connectivity index (χ1v) is 8.45. The van der Waals surface area contributed by atoms with Crippen molar-refractivity contribution in [3.8, 4) is 0 Å². The summed E-state index contributed by atoms with van der Waals surface area (Å²) in [5, 5.41) is 1.53. The number of hydrogen-bond donors (Lipinski definition) is 0. The molecule has 1 heterocycles. The second-order valence-corrected chi connectivity index (χ2v) is 7.21. The smallest absolute Gasteiger partial charge is 0.0468 e. The van der Waals surface area contributed by atoms with Crippen LogP contribution in [0.3, 0.4) is 0 Å². The highest BCUT2D eigenvalue weighted by atomic mass is 35.5. The second-order valence-electron chi connectivity index (χ2n) is 6.37. The molecule has 0 spiro atoms. The summed E-state index contributed by atoms with van der Waals surface area (Å²) >= 11 is 12.5. The summed E-state index contributed by atoms with van der Waals surface area (Å²) < 4.78 is 0. The summed E-state index contributed by atoms with van der Waals surface area (Å²) in [5.74, 6) is 1.50. The summed E-state index contributed by atoms with van der Waals surface area (Å²) in [6.07, 6.45) is 3.78. The molecule has 1 aromatic rings. The molecule has 20 heavy (non-hydrogen) atoms. The maximum absolute atomic E-state index is 6.44. The van der Waals surface area contributed by atoms with Gasteiger partial charge in [-0.15, -0.1) is 0 Å². The minimum absolute atomic E-state index is 0.445. The fourth-order valence-electron chi connectivity index (χ4n) is 3.24. The van der Waals surface area contributed by atoms with E-state index < -0.39 is 0 Å². The SMILES string of the molecule is CCC1CCN(CC(C)C)C(c2ccc(Cl)cc2Cl)C1. The number of benzene rings is 1. The first-order chi connectivity index (χ1) is 9.51. The average Bonchev–Trinajstić information content (AvgIpc) is 2.39. The lowest BCUT2D eigenvalue weighted by molar-refractivity contribution is 0.0974. The highest BCUT2D eigenvalue weighted by Crippen LogP contribution is 2.39. The molecule has 1 aliphatic rings. The quantitative estimate of drug-likeness (QED) is 0.677. The van der Waals surface area contributed by atoms with Crippen molar-refractivity contribution < 1.29 is 0 Å². The molecule has 1 aliphatic heterocycles. The van der Waals surface area contributed by atoms with E-state index in [1.807, 2.05) is 12.1 Å². The van der Waals surface area contributed by atoms with Crippen LogP contribution >= 0.6 is 23.2 Å². The van der Waals surface area contributed by atoms with E-state index in [-0.39, 0.29) is 0 Å². The maximum Gasteiger partial charge on any atom is 0.0468 e. The first kappa shape index (κ1) is 16.1. The zero-order chi connectivity index (χ0) is 14.7. The molecule has 1 saturated heterocycles. The molecule has 1 fully saturated rings. The number of likely N-dealkylation sites (tertiary alicyclic amines) is 1. The summed E-state index contributed by atoms with van der Waals surface area (Å²) in [6, 6.07) is 6.40. The van der Waals surface area contributed by atoms with Gasteiger partial charge in [0.2, 0.25) is 0 Å². The van der Waals surface area contributed by atoms with Crippen molar-refractivity contribution in [3.63, 3.8) is 0 Å². The normalized spacial score (nSPS) is 24.3. The molecule has 1 nitrogen and oxygen atoms in total. The van der Waals surface area contributed by atoms with Crippen molar-refractivity contribution in [1.82, 2.24) is 4.90 Å². The van der Waals surface area contributed by atoms with Crippen LogP contribution in [0.1, 0.15) is 51.6 Å². The van der Waals surface area contributed by atoms with E-state index in [1.54, 1.807) is 0 Å². The maximum atomic E-state index is 6.44. The van der Waals surface area contributed by atoms with Crippen LogP contribution in [-0.4, -0.2) is 18.0 Å². The molecule has 2 unspecified atom stereocenters. The van der Waals surface area contributed by atoms with Crippen molar-refractivity contribution >= 4 is 23.2 Å². The van der Waals surface area contributed by atoms with E-state index in [0.717, 1.165) is 22.5 Å². The highest BCUT2D eigenvalue weighted by Gasteiger charge is 2.30. The monoisotopic (exact) mass is 313 g/mol. The molecule has 0 aromatic heterocycles. The van der Waals surface area contributed by atoms with E-state index in [2.05, 4.69) is 31.7 Å². The van der Waals surface area contributed by atoms with Crippen molar-refractivity contribution in [2.24, 2.45) is 11.8 Å². The molecule has 0 saturated carbocycles. The van der Waals surface area contributed by atoms with Crippen molar-refractivity contribution in [2.75, 3.05) is 13.1 Å². The summed E-state index contributed by atoms with van der Waals surface area (Å²) in [7, 11) is 0. The average molecular weight is 314 g/mol. The molecule has 3 heteroatoms. The van der Waals surface area contributed by atoms with E-state index in [4.69, 9.17) is 23.2 Å². The van der Waals surface area contributed by atoms with Gasteiger partial charge in [0.15, 0.2) is 0 Å². The van der Waals surface area contributed by atoms with Gasteiger partial charge in [0.05, 0.1) is 0 Å². The standard InChI is InChI=1S/C17H25Cl2N/c1-4-13-7-8-20(11-12(2)3)17(9-13)15-6-5-14(18)10-16(15)19/h5-6,10,12-13,17H,4,7-9,11H2,1-3H3. The van der Waals surface area contributed by atoms with Gasteiger partial charge in [-0.25, -0.2) is 0 Å². The highest BCUT2D eigenvalue weighted by molar-refractivity contribution is 6.35. The lowest BCUT2D eigenvalue weighted by Crippen LogP contribution is -2.39. The topological polar surface area (TPSA) is 3.24 Å². The molecule has 0 N–H and O–H groups in total. The molecule has 0 bridgehead atoms. The van der Waals surface area contributed by atoms with E-state index in [1.165, 1.54) is 31.4 Å². The Morgan fingerprint density at radius 2 is 2.05 bits per heavy atom. The first-order valence-electron chi connectivity index (χ1n) is 7.70. The Kier molecular flexibility index (Phi) is 5.77. The van der Waals surface area contributed by atoms with E-state index >= 15 is 0 Å². The van der Waals surface area contributed by atoms with Crippen molar-refractivity contribution in [3.05, 3.63) is 33.8 Å². The minimum atomic E-state index is 0.445. The number of hydrogen-bond acceptors (Lipinski definition) is 1. The second kappa shape index (κ2) is 7.15. The number of nitrogens with zero attached hydrogens (tertiary/aromatic N) is 1. The van der Waals surface area contributed by atoms with Crippen LogP contribution in [0.2, 0.25) is 10.0 Å². The summed E-state index contributed by atoms with van der Waals surface area (Å²) in [4.78, 5) is 2.60. The number of piperidine rings is 1. The molecule has 112 valence electrons. The van der Waals surface area contributed by atoms with Crippen molar-refractivity contribution in [2.45, 2.75) is 46.1 Å². The molecule has 1 aromatic carbocycles. The van der Waals surface area contributed by atoms with E-state index in [9.17, 15) is 0 Å². The Labute approximate surface area is 133 Å². The fourth-order valence-corrected chi connectivity index (χ4v) is 3.78. The third kappa shape index (κ3) is 3.90. The van der Waals surface area contributed by atoms with Gasteiger partial charge in [-0.2, -0.15) is 0 Å². The Hall–Kier alpha value is -0.240. The van der Waals surface area contributed by atoms with Gasteiger partial charge in [-0.1, -0.05) is 56.5 Å². The third-order valence-electron chi connectivity index (χ3n) is 4.32. The zero-order valence-corrected chi connectivity index (χ0v) is 14.2. The summed E-state index contributed by atoms with van der Waals surface area (Å²) in [6.45, 7) is 9.18. The predicted octanol–water partition coefficient (Wildman–Crippen LogP) is 5.81. The van der Waals surface area contributed by atoms with Gasteiger partial charge in [0.25, 0.3) is 0 Å². The van der Waals surface area contributed by atoms with Crippen LogP contribution < -0.4 is 0 Å². The van der Waals surface area contributed by atoms with Crippen LogP contribution in [0.5, 0.6) is 0 Å². The lowest BCUT2D eigenvalue weighted by Gasteiger charge is -2.41. The van der Waals surface area contributed by atoms with Crippen LogP contribution in [-0.2, 0) is 0 Å². The molecule has 0 radical (unpaired) electrons. The van der Waals surface area contributed by atoms with Crippen LogP contribution in [0.15, 0.2) is 18.2 Å². The van der Waals surface area contributed by atoms with Gasteiger partial charge in [-0.3, -0.25) is 4.90 Å². The Bertz CT molecular complexity index is 445. The number of halogens is 2. The predicted molar refractivity (Wildman–Crippen MR) is 88.6 cm³/mol. The fraction of sp³-hybridized carbons (Fsp3) is 0.647. The van der Waals surface area contributed by atoms with Gasteiger partial charge >= 0.3 is 0 Å². The van der Waals surface area contributed by atoms with Gasteiger partial charge in [0.1, 0.15) is 0 Å². The van der Waals surface area contributed by atoms with Gasteiger partial charge in [0, 0.05) is 22.6 Å². The van der Waals surface area contributed by atoms with Crippen LogP contribution in [0, 0.1) is 11.8 Å². The van der Waals surface area contributed by atoms with Crippen molar-refractivity contribution in [1.29, 1.82) is 0 Å². The summed E-state index contributed by atoms with van der Waals surface area (Å²) in [5.41, 5.74) is 1.25. The Balaban J connectivity index is 2.25. The molecular formula is C17H25Cl2N. The minimum Gasteiger partial charge on any atom is -0.296 e. The molecule has 0 amide bonds. The van der Waals surface area contributed by atoms with Gasteiger partial charge in [-0.05, 0) is 48.9 Å². The van der Waals surface area contributed by atoms with Gasteiger partial charge < -0.3 is 0 Å². The zero-order valence-electron chi connectivity index (χ0n) is 12.7. The molecule has 0 aliphatic carbocycles.